The van der Waals surface area contributed by atoms with Crippen LogP contribution in [0.1, 0.15) is 17.2 Å². The van der Waals surface area contributed by atoms with Gasteiger partial charge in [0.2, 0.25) is 0 Å². The van der Waals surface area contributed by atoms with Crippen LogP contribution in [0.2, 0.25) is 0 Å². The molecule has 0 fully saturated rings. The maximum Gasteiger partial charge on any atom is 0.173 e. The fraction of sp³-hybridized carbons (Fsp3) is 0.0769. The second-order valence-electron chi connectivity index (χ2n) is 3.81. The predicted molar refractivity (Wildman–Crippen MR) is 64.5 cm³/mol. The zero-order valence-electron chi connectivity index (χ0n) is 9.30. The van der Waals surface area contributed by atoms with E-state index in [1.54, 1.807) is 0 Å². The fourth-order valence-corrected chi connectivity index (χ4v) is 2.19. The molecule has 0 aliphatic heterocycles. The van der Waals surface area contributed by atoms with Gasteiger partial charge in [0.05, 0.1) is 4.47 Å². The minimum absolute atomic E-state index is 0.0941. The Kier molecular flexibility index (Phi) is 3.91. The summed E-state index contributed by atoms with van der Waals surface area (Å²) in [5, 5.41) is 9.97. The number of hydrogen-bond donors (Lipinski definition) is 1. The van der Waals surface area contributed by atoms with Crippen molar-refractivity contribution in [3.8, 4) is 0 Å². The molecule has 0 heterocycles. The number of aliphatic hydroxyl groups is 1. The highest BCUT2D eigenvalue weighted by atomic mass is 79.9. The first-order valence-corrected chi connectivity index (χ1v) is 5.98. The first-order chi connectivity index (χ1) is 8.93. The summed E-state index contributed by atoms with van der Waals surface area (Å²) in [6, 6.07) is 5.17. The molecule has 1 unspecified atom stereocenters. The first-order valence-electron chi connectivity index (χ1n) is 5.19. The van der Waals surface area contributed by atoms with Crippen LogP contribution in [0.4, 0.5) is 17.6 Å². The van der Waals surface area contributed by atoms with Crippen LogP contribution in [-0.4, -0.2) is 5.11 Å². The molecule has 2 rings (SSSR count). The molecule has 0 aliphatic carbocycles. The molecule has 0 amide bonds. The molecule has 0 radical (unpaired) electrons. The predicted octanol–water partition coefficient (Wildman–Crippen LogP) is 4.09. The largest absolute Gasteiger partial charge is 0.384 e. The highest BCUT2D eigenvalue weighted by molar-refractivity contribution is 9.10. The highest BCUT2D eigenvalue weighted by Crippen LogP contribution is 2.32. The van der Waals surface area contributed by atoms with Gasteiger partial charge in [0, 0.05) is 11.1 Å². The third-order valence-corrected chi connectivity index (χ3v) is 3.44. The first kappa shape index (κ1) is 14.0. The lowest BCUT2D eigenvalue weighted by Gasteiger charge is -2.15. The van der Waals surface area contributed by atoms with E-state index in [9.17, 15) is 22.7 Å². The molecule has 1 N–H and O–H groups in total. The molecule has 1 nitrogen and oxygen atoms in total. The van der Waals surface area contributed by atoms with Gasteiger partial charge in [-0.1, -0.05) is 18.2 Å². The molecule has 0 saturated heterocycles. The second-order valence-corrected chi connectivity index (χ2v) is 4.60. The Hall–Kier alpha value is -1.40. The summed E-state index contributed by atoms with van der Waals surface area (Å²) in [6.45, 7) is 0. The standard InChI is InChI=1S/C13H7BrF4O/c14-10-6(4-5-9(16)12(10)18)13(19)7-2-1-3-8(15)11(7)17/h1-5,13,19H. The summed E-state index contributed by atoms with van der Waals surface area (Å²) in [5.74, 6) is -4.67. The average molecular weight is 335 g/mol. The maximum atomic E-state index is 13.5. The van der Waals surface area contributed by atoms with Crippen LogP contribution >= 0.6 is 15.9 Å². The second kappa shape index (κ2) is 5.30. The number of halogens is 5. The van der Waals surface area contributed by atoms with E-state index in [0.29, 0.717) is 0 Å². The summed E-state index contributed by atoms with van der Waals surface area (Å²) >= 11 is 2.78. The van der Waals surface area contributed by atoms with Crippen LogP contribution in [0.3, 0.4) is 0 Å². The van der Waals surface area contributed by atoms with Crippen molar-refractivity contribution in [3.63, 3.8) is 0 Å². The molecule has 0 saturated carbocycles. The Morgan fingerprint density at radius 3 is 2.16 bits per heavy atom. The summed E-state index contributed by atoms with van der Waals surface area (Å²) in [5.41, 5.74) is -0.449. The summed E-state index contributed by atoms with van der Waals surface area (Å²) in [6.07, 6.45) is -1.61. The van der Waals surface area contributed by atoms with E-state index >= 15 is 0 Å². The van der Waals surface area contributed by atoms with Gasteiger partial charge < -0.3 is 5.11 Å². The number of hydrogen-bond acceptors (Lipinski definition) is 1. The van der Waals surface area contributed by atoms with Crippen LogP contribution in [0.5, 0.6) is 0 Å². The quantitative estimate of drug-likeness (QED) is 0.648. The van der Waals surface area contributed by atoms with Crippen molar-refractivity contribution < 1.29 is 22.7 Å². The van der Waals surface area contributed by atoms with Gasteiger partial charge in [-0.25, -0.2) is 17.6 Å². The summed E-state index contributed by atoms with van der Waals surface area (Å²) < 4.78 is 52.6. The molecule has 2 aromatic rings. The van der Waals surface area contributed by atoms with E-state index < -0.39 is 29.4 Å². The Bertz CT molecular complexity index is 630. The lowest BCUT2D eigenvalue weighted by Crippen LogP contribution is -2.06. The minimum atomic E-state index is -1.61. The van der Waals surface area contributed by atoms with Crippen molar-refractivity contribution in [2.45, 2.75) is 6.10 Å². The maximum absolute atomic E-state index is 13.5. The molecule has 2 aromatic carbocycles. The van der Waals surface area contributed by atoms with Gasteiger partial charge in [-0.2, -0.15) is 0 Å². The van der Waals surface area contributed by atoms with E-state index in [1.165, 1.54) is 6.07 Å². The van der Waals surface area contributed by atoms with E-state index in [0.717, 1.165) is 24.3 Å². The normalized spacial score (nSPS) is 12.5. The van der Waals surface area contributed by atoms with Gasteiger partial charge in [0.1, 0.15) is 6.10 Å². The average Bonchev–Trinajstić information content (AvgIpc) is 2.39. The molecule has 0 aromatic heterocycles. The van der Waals surface area contributed by atoms with Gasteiger partial charge in [-0.3, -0.25) is 0 Å². The monoisotopic (exact) mass is 334 g/mol. The molecule has 19 heavy (non-hydrogen) atoms. The molecule has 1 atom stereocenters. The van der Waals surface area contributed by atoms with Crippen molar-refractivity contribution >= 4 is 15.9 Å². The molecule has 100 valence electrons. The lowest BCUT2D eigenvalue weighted by molar-refractivity contribution is 0.211. The fourth-order valence-electron chi connectivity index (χ4n) is 1.65. The van der Waals surface area contributed by atoms with E-state index in [1.807, 2.05) is 0 Å². The van der Waals surface area contributed by atoms with Crippen molar-refractivity contribution in [3.05, 3.63) is 69.2 Å². The van der Waals surface area contributed by atoms with Crippen molar-refractivity contribution in [2.75, 3.05) is 0 Å². The Labute approximate surface area is 114 Å². The zero-order chi connectivity index (χ0) is 14.2. The van der Waals surface area contributed by atoms with Gasteiger partial charge in [0.25, 0.3) is 0 Å². The van der Waals surface area contributed by atoms with E-state index in [2.05, 4.69) is 15.9 Å². The van der Waals surface area contributed by atoms with Gasteiger partial charge in [0.15, 0.2) is 23.3 Å². The van der Waals surface area contributed by atoms with E-state index in [4.69, 9.17) is 0 Å². The Morgan fingerprint density at radius 1 is 0.842 bits per heavy atom. The van der Waals surface area contributed by atoms with Gasteiger partial charge in [-0.15, -0.1) is 0 Å². The molecular weight excluding hydrogens is 328 g/mol. The molecule has 0 spiro atoms. The van der Waals surface area contributed by atoms with Crippen LogP contribution in [-0.2, 0) is 0 Å². The van der Waals surface area contributed by atoms with E-state index in [-0.39, 0.29) is 15.6 Å². The number of benzene rings is 2. The summed E-state index contributed by atoms with van der Waals surface area (Å²) in [7, 11) is 0. The Balaban J connectivity index is 2.53. The smallest absolute Gasteiger partial charge is 0.173 e. The van der Waals surface area contributed by atoms with Crippen LogP contribution in [0, 0.1) is 23.3 Å². The number of aliphatic hydroxyl groups excluding tert-OH is 1. The van der Waals surface area contributed by atoms with Crippen LogP contribution in [0.15, 0.2) is 34.8 Å². The lowest BCUT2D eigenvalue weighted by atomic mass is 10.0. The van der Waals surface area contributed by atoms with Crippen molar-refractivity contribution in [2.24, 2.45) is 0 Å². The molecular formula is C13H7BrF4O. The molecule has 0 aliphatic rings. The van der Waals surface area contributed by atoms with Crippen molar-refractivity contribution in [1.29, 1.82) is 0 Å². The van der Waals surface area contributed by atoms with Gasteiger partial charge >= 0.3 is 0 Å². The summed E-state index contributed by atoms with van der Waals surface area (Å²) in [4.78, 5) is 0. The SMILES string of the molecule is OC(c1cccc(F)c1F)c1ccc(F)c(F)c1Br. The van der Waals surface area contributed by atoms with Gasteiger partial charge in [-0.05, 0) is 28.1 Å². The third-order valence-electron chi connectivity index (χ3n) is 2.64. The number of rotatable bonds is 2. The minimum Gasteiger partial charge on any atom is -0.384 e. The molecule has 6 heteroatoms. The Morgan fingerprint density at radius 2 is 1.47 bits per heavy atom. The molecule has 0 bridgehead atoms. The van der Waals surface area contributed by atoms with Crippen LogP contribution in [0.25, 0.3) is 0 Å². The van der Waals surface area contributed by atoms with Crippen LogP contribution < -0.4 is 0 Å². The highest BCUT2D eigenvalue weighted by Gasteiger charge is 2.22. The van der Waals surface area contributed by atoms with Crippen molar-refractivity contribution in [1.82, 2.24) is 0 Å². The third kappa shape index (κ3) is 2.50. The topological polar surface area (TPSA) is 20.2 Å². The zero-order valence-corrected chi connectivity index (χ0v) is 10.9.